The van der Waals surface area contributed by atoms with E-state index in [4.69, 9.17) is 14.2 Å². The molecule has 0 saturated carbocycles. The molecule has 7 heteroatoms. The molecule has 0 aliphatic carbocycles. The zero-order valence-corrected chi connectivity index (χ0v) is 19.0. The molecule has 0 spiro atoms. The lowest BCUT2D eigenvalue weighted by Gasteiger charge is -2.08. The summed E-state index contributed by atoms with van der Waals surface area (Å²) in [6.07, 6.45) is 8.65. The summed E-state index contributed by atoms with van der Waals surface area (Å²) in [6, 6.07) is 3.28. The van der Waals surface area contributed by atoms with Crippen LogP contribution in [0.2, 0.25) is 0 Å². The van der Waals surface area contributed by atoms with Crippen LogP contribution in [0.1, 0.15) is 96.1 Å². The normalized spacial score (nSPS) is 10.8. The lowest BCUT2D eigenvalue weighted by atomic mass is 9.99. The zero-order chi connectivity index (χ0) is 22.8. The highest BCUT2D eigenvalue weighted by atomic mass is 16.5. The van der Waals surface area contributed by atoms with Gasteiger partial charge in [0.15, 0.2) is 0 Å². The third-order valence-electron chi connectivity index (χ3n) is 5.19. The molecule has 170 valence electrons. The fourth-order valence-electron chi connectivity index (χ4n) is 3.81. The minimum Gasteiger partial charge on any atom is -0.465 e. The highest BCUT2D eigenvalue weighted by Gasteiger charge is 2.31. The van der Waals surface area contributed by atoms with Crippen molar-refractivity contribution >= 4 is 23.4 Å². The Balaban J connectivity index is 2.63. The summed E-state index contributed by atoms with van der Waals surface area (Å²) < 4.78 is 17.0. The molecule has 0 bridgehead atoms. The van der Waals surface area contributed by atoms with E-state index in [9.17, 15) is 14.4 Å². The number of carbonyl (C=O) groups is 3. The van der Waals surface area contributed by atoms with Gasteiger partial charge in [-0.25, -0.2) is 14.4 Å². The largest absolute Gasteiger partial charge is 0.465 e. The number of aryl methyl sites for hydroxylation is 1. The van der Waals surface area contributed by atoms with E-state index < -0.39 is 17.9 Å². The Bertz CT molecular complexity index is 914. The van der Waals surface area contributed by atoms with Gasteiger partial charge in [-0.3, -0.25) is 0 Å². The van der Waals surface area contributed by atoms with Crippen molar-refractivity contribution in [1.29, 1.82) is 0 Å². The lowest BCUT2D eigenvalue weighted by Crippen LogP contribution is -2.15. The van der Waals surface area contributed by atoms with E-state index in [-0.39, 0.29) is 24.5 Å². The van der Waals surface area contributed by atoms with Crippen LogP contribution in [0, 0.1) is 0 Å². The predicted octanol–water partition coefficient (Wildman–Crippen LogP) is 4.98. The Kier molecular flexibility index (Phi) is 9.56. The molecule has 31 heavy (non-hydrogen) atoms. The first kappa shape index (κ1) is 24.4. The van der Waals surface area contributed by atoms with E-state index in [1.54, 1.807) is 36.6 Å². The summed E-state index contributed by atoms with van der Waals surface area (Å²) >= 11 is 0. The Morgan fingerprint density at radius 2 is 1.52 bits per heavy atom. The number of nitrogens with zero attached hydrogens (tertiary/aromatic N) is 1. The number of unbranched alkanes of at least 4 members (excludes halogenated alkanes) is 5. The van der Waals surface area contributed by atoms with Gasteiger partial charge >= 0.3 is 17.9 Å². The molecule has 0 aromatic carbocycles. The highest BCUT2D eigenvalue weighted by molar-refractivity contribution is 6.09. The maximum Gasteiger partial charge on any atom is 0.356 e. The minimum atomic E-state index is -0.628. The first-order valence-electron chi connectivity index (χ1n) is 11.1. The number of methoxy groups -OCH3 is 1. The van der Waals surface area contributed by atoms with Crippen molar-refractivity contribution in [2.45, 2.75) is 65.7 Å². The van der Waals surface area contributed by atoms with E-state index in [0.29, 0.717) is 23.1 Å². The van der Waals surface area contributed by atoms with Crippen molar-refractivity contribution in [3.8, 4) is 0 Å². The number of hydrogen-bond donors (Lipinski definition) is 0. The molecule has 0 aliphatic heterocycles. The number of aromatic nitrogens is 1. The Hall–Kier alpha value is -2.83. The molecule has 0 atom stereocenters. The van der Waals surface area contributed by atoms with Gasteiger partial charge in [-0.1, -0.05) is 39.0 Å². The van der Waals surface area contributed by atoms with Crippen LogP contribution in [-0.4, -0.2) is 42.6 Å². The zero-order valence-electron chi connectivity index (χ0n) is 19.0. The van der Waals surface area contributed by atoms with Crippen LogP contribution in [0.4, 0.5) is 0 Å². The standard InChI is InChI=1S/C24H33NO6/c1-5-8-9-10-11-12-14-17-19(23(27)30-6-2)21(24(28)31-7-3)25-16-13-15-18(20(17)25)22(26)29-4/h13,15-16H,5-12,14H2,1-4H3. The summed E-state index contributed by atoms with van der Waals surface area (Å²) in [6.45, 7) is 5.93. The number of carbonyl (C=O) groups excluding carboxylic acids is 3. The van der Waals surface area contributed by atoms with Gasteiger partial charge in [-0.05, 0) is 44.4 Å². The van der Waals surface area contributed by atoms with Crippen LogP contribution in [0.25, 0.3) is 5.52 Å². The third kappa shape index (κ3) is 5.66. The number of fused-ring (bicyclic) bond motifs is 1. The summed E-state index contributed by atoms with van der Waals surface area (Å²) in [5, 5.41) is 0. The molecular weight excluding hydrogens is 398 g/mol. The summed E-state index contributed by atoms with van der Waals surface area (Å²) in [5.41, 5.74) is 1.67. The first-order valence-corrected chi connectivity index (χ1v) is 11.1. The van der Waals surface area contributed by atoms with Crippen LogP contribution in [0.5, 0.6) is 0 Å². The van der Waals surface area contributed by atoms with Gasteiger partial charge in [-0.15, -0.1) is 0 Å². The summed E-state index contributed by atoms with van der Waals surface area (Å²) in [5.74, 6) is -1.75. The van der Waals surface area contributed by atoms with Crippen molar-refractivity contribution in [3.05, 3.63) is 40.7 Å². The molecule has 0 aliphatic rings. The molecule has 0 amide bonds. The second-order valence-corrected chi connectivity index (χ2v) is 7.29. The minimum absolute atomic E-state index is 0.0852. The van der Waals surface area contributed by atoms with Crippen LogP contribution in [-0.2, 0) is 20.6 Å². The van der Waals surface area contributed by atoms with Crippen molar-refractivity contribution in [1.82, 2.24) is 4.40 Å². The average Bonchev–Trinajstić information content (AvgIpc) is 3.10. The Morgan fingerprint density at radius 3 is 2.16 bits per heavy atom. The number of pyridine rings is 1. The predicted molar refractivity (Wildman–Crippen MR) is 118 cm³/mol. The molecule has 7 nitrogen and oxygen atoms in total. The van der Waals surface area contributed by atoms with Crippen LogP contribution in [0.15, 0.2) is 18.3 Å². The molecule has 0 saturated heterocycles. The Labute approximate surface area is 183 Å². The molecule has 2 aromatic heterocycles. The van der Waals surface area contributed by atoms with E-state index >= 15 is 0 Å². The van der Waals surface area contributed by atoms with Gasteiger partial charge in [0.05, 0.1) is 37.0 Å². The second kappa shape index (κ2) is 12.1. The fourth-order valence-corrected chi connectivity index (χ4v) is 3.81. The fraction of sp³-hybridized carbons (Fsp3) is 0.542. The van der Waals surface area contributed by atoms with Crippen molar-refractivity contribution < 1.29 is 28.6 Å². The van der Waals surface area contributed by atoms with E-state index in [1.807, 2.05) is 0 Å². The molecule has 0 N–H and O–H groups in total. The molecule has 0 unspecified atom stereocenters. The topological polar surface area (TPSA) is 83.3 Å². The molecule has 0 fully saturated rings. The monoisotopic (exact) mass is 431 g/mol. The molecule has 2 aromatic rings. The first-order chi connectivity index (χ1) is 15.0. The molecule has 0 radical (unpaired) electrons. The van der Waals surface area contributed by atoms with E-state index in [0.717, 1.165) is 19.3 Å². The van der Waals surface area contributed by atoms with Gasteiger partial charge in [0.2, 0.25) is 0 Å². The van der Waals surface area contributed by atoms with Crippen molar-refractivity contribution in [2.24, 2.45) is 0 Å². The molecular formula is C24H33NO6. The van der Waals surface area contributed by atoms with Gasteiger partial charge in [0.25, 0.3) is 0 Å². The average molecular weight is 432 g/mol. The van der Waals surface area contributed by atoms with Crippen molar-refractivity contribution in [3.63, 3.8) is 0 Å². The third-order valence-corrected chi connectivity index (χ3v) is 5.19. The second-order valence-electron chi connectivity index (χ2n) is 7.29. The maximum atomic E-state index is 12.9. The summed E-state index contributed by atoms with van der Waals surface area (Å²) in [4.78, 5) is 38.2. The number of rotatable bonds is 12. The van der Waals surface area contributed by atoms with E-state index in [1.165, 1.54) is 26.4 Å². The SMILES string of the molecule is CCCCCCCCc1c(C(=O)OCC)c(C(=O)OCC)n2cccc(C(=O)OC)c12. The van der Waals surface area contributed by atoms with Crippen LogP contribution >= 0.6 is 0 Å². The smallest absolute Gasteiger partial charge is 0.356 e. The molecule has 2 rings (SSSR count). The summed E-state index contributed by atoms with van der Waals surface area (Å²) in [7, 11) is 1.31. The van der Waals surface area contributed by atoms with Crippen LogP contribution < -0.4 is 0 Å². The van der Waals surface area contributed by atoms with Gasteiger partial charge < -0.3 is 18.6 Å². The van der Waals surface area contributed by atoms with Gasteiger partial charge in [0, 0.05) is 6.20 Å². The maximum absolute atomic E-state index is 12.9. The number of ether oxygens (including phenoxy) is 3. The van der Waals surface area contributed by atoms with Gasteiger partial charge in [0.1, 0.15) is 5.69 Å². The number of esters is 3. The highest BCUT2D eigenvalue weighted by Crippen LogP contribution is 2.30. The van der Waals surface area contributed by atoms with Gasteiger partial charge in [-0.2, -0.15) is 0 Å². The van der Waals surface area contributed by atoms with Crippen LogP contribution in [0.3, 0.4) is 0 Å². The quantitative estimate of drug-likeness (QED) is 0.268. The van der Waals surface area contributed by atoms with E-state index in [2.05, 4.69) is 6.92 Å². The lowest BCUT2D eigenvalue weighted by molar-refractivity contribution is 0.0473. The van der Waals surface area contributed by atoms with Crippen molar-refractivity contribution in [2.75, 3.05) is 20.3 Å². The molecule has 2 heterocycles. The number of hydrogen-bond acceptors (Lipinski definition) is 6. The Morgan fingerprint density at radius 1 is 0.871 bits per heavy atom.